The number of thiazole rings is 1. The van der Waals surface area contributed by atoms with Gasteiger partial charge in [-0.1, -0.05) is 0 Å². The predicted octanol–water partition coefficient (Wildman–Crippen LogP) is 1.28. The molecule has 1 aromatic carbocycles. The summed E-state index contributed by atoms with van der Waals surface area (Å²) in [5, 5.41) is 2.46. The van der Waals surface area contributed by atoms with Gasteiger partial charge in [-0.15, -0.1) is 16.2 Å². The van der Waals surface area contributed by atoms with Crippen molar-refractivity contribution >= 4 is 27.3 Å². The second kappa shape index (κ2) is 6.46. The van der Waals surface area contributed by atoms with E-state index in [9.17, 15) is 22.0 Å². The van der Waals surface area contributed by atoms with Gasteiger partial charge in [-0.3, -0.25) is 10.2 Å². The lowest BCUT2D eigenvalue weighted by molar-refractivity contribution is -0.120. The first-order chi connectivity index (χ1) is 10.3. The molecule has 0 aliphatic carbocycles. The lowest BCUT2D eigenvalue weighted by atomic mass is 10.3. The summed E-state index contributed by atoms with van der Waals surface area (Å²) in [5.41, 5.74) is 2.49. The summed E-state index contributed by atoms with van der Waals surface area (Å²) in [4.78, 5) is 17.0. The van der Waals surface area contributed by atoms with Gasteiger partial charge in [0.05, 0.1) is 22.0 Å². The van der Waals surface area contributed by atoms with E-state index >= 15 is 0 Å². The molecule has 22 heavy (non-hydrogen) atoms. The van der Waals surface area contributed by atoms with E-state index in [2.05, 4.69) is 4.98 Å². The average molecular weight is 347 g/mol. The highest BCUT2D eigenvalue weighted by molar-refractivity contribution is 7.89. The topological polar surface area (TPSA) is 88.2 Å². The van der Waals surface area contributed by atoms with Gasteiger partial charge >= 0.3 is 0 Å². The Bertz CT molecular complexity index is 806. The van der Waals surface area contributed by atoms with Crippen LogP contribution in [0.5, 0.6) is 0 Å². The maximum Gasteiger partial charge on any atom is 0.257 e. The Kier molecular flexibility index (Phi) is 4.84. The molecule has 2 rings (SSSR count). The summed E-state index contributed by atoms with van der Waals surface area (Å²) in [6.07, 6.45) is -0.107. The van der Waals surface area contributed by atoms with Gasteiger partial charge in [0.1, 0.15) is 0 Å². The van der Waals surface area contributed by atoms with E-state index in [-0.39, 0.29) is 6.42 Å². The van der Waals surface area contributed by atoms with Crippen LogP contribution in [-0.4, -0.2) is 19.3 Å². The van der Waals surface area contributed by atoms with E-state index < -0.39 is 32.5 Å². The lowest BCUT2D eigenvalue weighted by Gasteiger charge is -2.08. The van der Waals surface area contributed by atoms with Gasteiger partial charge in [-0.25, -0.2) is 22.2 Å². The molecule has 1 aromatic heterocycles. The number of nitrogens with zero attached hydrogens (tertiary/aromatic N) is 1. The molecule has 0 unspecified atom stereocenters. The Morgan fingerprint density at radius 3 is 2.64 bits per heavy atom. The Labute approximate surface area is 129 Å². The molecule has 0 radical (unpaired) electrons. The molecule has 118 valence electrons. The predicted molar refractivity (Wildman–Crippen MR) is 75.4 cm³/mol. The number of sulfonamides is 1. The maximum absolute atomic E-state index is 13.0. The second-order valence-corrected chi connectivity index (χ2v) is 7.01. The third-order valence-electron chi connectivity index (χ3n) is 2.53. The molecular formula is C12H11F2N3O3S2. The summed E-state index contributed by atoms with van der Waals surface area (Å²) in [7, 11) is -4.19. The third kappa shape index (κ3) is 4.06. The SMILES string of the molecule is Cc1nc(CC(=O)NNS(=O)(=O)c2ccc(F)c(F)c2)cs1. The van der Waals surface area contributed by atoms with Crippen molar-refractivity contribution in [2.45, 2.75) is 18.2 Å². The van der Waals surface area contributed by atoms with Crippen LogP contribution in [0.4, 0.5) is 8.78 Å². The van der Waals surface area contributed by atoms with E-state index in [0.29, 0.717) is 17.8 Å². The molecule has 2 aromatic rings. The average Bonchev–Trinajstić information content (AvgIpc) is 2.85. The molecule has 0 atom stereocenters. The zero-order valence-electron chi connectivity index (χ0n) is 11.3. The molecule has 1 heterocycles. The Morgan fingerprint density at radius 1 is 1.32 bits per heavy atom. The third-order valence-corrected chi connectivity index (χ3v) is 4.60. The van der Waals surface area contributed by atoms with Crippen molar-refractivity contribution in [3.63, 3.8) is 0 Å². The molecule has 2 N–H and O–H groups in total. The quantitative estimate of drug-likeness (QED) is 0.798. The fourth-order valence-electron chi connectivity index (χ4n) is 1.53. The molecule has 0 saturated carbocycles. The molecule has 0 spiro atoms. The zero-order valence-corrected chi connectivity index (χ0v) is 12.9. The summed E-state index contributed by atoms with van der Waals surface area (Å²) < 4.78 is 49.5. The van der Waals surface area contributed by atoms with Crippen LogP contribution in [0.2, 0.25) is 0 Å². The van der Waals surface area contributed by atoms with Crippen molar-refractivity contribution in [1.29, 1.82) is 0 Å². The highest BCUT2D eigenvalue weighted by Gasteiger charge is 2.17. The van der Waals surface area contributed by atoms with E-state index in [1.807, 2.05) is 10.3 Å². The summed E-state index contributed by atoms with van der Waals surface area (Å²) in [5.74, 6) is -3.09. The minimum Gasteiger partial charge on any atom is -0.277 e. The molecule has 0 aliphatic rings. The molecule has 0 aliphatic heterocycles. The van der Waals surface area contributed by atoms with E-state index in [1.165, 1.54) is 11.3 Å². The summed E-state index contributed by atoms with van der Waals surface area (Å²) >= 11 is 1.36. The zero-order chi connectivity index (χ0) is 16.3. The number of halogens is 2. The van der Waals surface area contributed by atoms with Gasteiger partial charge < -0.3 is 0 Å². The number of nitrogens with one attached hydrogen (secondary N) is 2. The minimum atomic E-state index is -4.19. The smallest absolute Gasteiger partial charge is 0.257 e. The highest BCUT2D eigenvalue weighted by atomic mass is 32.2. The first-order valence-electron chi connectivity index (χ1n) is 5.94. The number of hydrazine groups is 1. The molecule has 1 amide bonds. The van der Waals surface area contributed by atoms with Crippen LogP contribution in [0, 0.1) is 18.6 Å². The van der Waals surface area contributed by atoms with Gasteiger partial charge in [0.15, 0.2) is 11.6 Å². The molecule has 0 saturated heterocycles. The summed E-state index contributed by atoms with van der Waals surface area (Å²) in [6, 6.07) is 2.09. The van der Waals surface area contributed by atoms with Crippen molar-refractivity contribution in [1.82, 2.24) is 15.2 Å². The standard InChI is InChI=1S/C12H11F2N3O3S2/c1-7-15-8(6-21-7)4-12(18)16-17-22(19,20)9-2-3-10(13)11(14)5-9/h2-3,5-6,17H,4H2,1H3,(H,16,18). The normalized spacial score (nSPS) is 11.4. The number of carbonyl (C=O) groups excluding carboxylic acids is 1. The van der Waals surface area contributed by atoms with Crippen LogP contribution in [0.25, 0.3) is 0 Å². The lowest BCUT2D eigenvalue weighted by Crippen LogP contribution is -2.42. The van der Waals surface area contributed by atoms with Crippen LogP contribution >= 0.6 is 11.3 Å². The number of aromatic nitrogens is 1. The molecule has 10 heteroatoms. The first kappa shape index (κ1) is 16.5. The number of hydrogen-bond donors (Lipinski definition) is 2. The van der Waals surface area contributed by atoms with Gasteiger partial charge in [0, 0.05) is 5.38 Å². The summed E-state index contributed by atoms with van der Waals surface area (Å²) in [6.45, 7) is 1.78. The van der Waals surface area contributed by atoms with Crippen molar-refractivity contribution in [2.24, 2.45) is 0 Å². The van der Waals surface area contributed by atoms with Crippen molar-refractivity contribution in [3.05, 3.63) is 45.9 Å². The van der Waals surface area contributed by atoms with E-state index in [1.54, 1.807) is 12.3 Å². The first-order valence-corrected chi connectivity index (χ1v) is 8.31. The van der Waals surface area contributed by atoms with Crippen molar-refractivity contribution in [2.75, 3.05) is 0 Å². The van der Waals surface area contributed by atoms with Crippen LogP contribution in [-0.2, 0) is 21.2 Å². The number of carbonyl (C=O) groups is 1. The van der Waals surface area contributed by atoms with Crippen molar-refractivity contribution < 1.29 is 22.0 Å². The Morgan fingerprint density at radius 2 is 2.05 bits per heavy atom. The minimum absolute atomic E-state index is 0.107. The molecule has 0 fully saturated rings. The van der Waals surface area contributed by atoms with Gasteiger partial charge in [0.25, 0.3) is 10.0 Å². The van der Waals surface area contributed by atoms with Crippen LogP contribution in [0.3, 0.4) is 0 Å². The maximum atomic E-state index is 13.0. The fraction of sp³-hybridized carbons (Fsp3) is 0.167. The van der Waals surface area contributed by atoms with Crippen LogP contribution in [0.1, 0.15) is 10.7 Å². The van der Waals surface area contributed by atoms with Crippen molar-refractivity contribution in [3.8, 4) is 0 Å². The molecule has 6 nitrogen and oxygen atoms in total. The number of amides is 1. The number of benzene rings is 1. The molecular weight excluding hydrogens is 336 g/mol. The number of rotatable bonds is 5. The van der Waals surface area contributed by atoms with Crippen LogP contribution < -0.4 is 10.3 Å². The molecule has 0 bridgehead atoms. The largest absolute Gasteiger partial charge is 0.277 e. The second-order valence-electron chi connectivity index (χ2n) is 4.26. The Hall–Kier alpha value is -1.91. The van der Waals surface area contributed by atoms with Crippen LogP contribution in [0.15, 0.2) is 28.5 Å². The van der Waals surface area contributed by atoms with Gasteiger partial charge in [-0.05, 0) is 25.1 Å². The highest BCUT2D eigenvalue weighted by Crippen LogP contribution is 2.13. The Balaban J connectivity index is 2.00. The van der Waals surface area contributed by atoms with E-state index in [0.717, 1.165) is 11.1 Å². The van der Waals surface area contributed by atoms with E-state index in [4.69, 9.17) is 0 Å². The van der Waals surface area contributed by atoms with Gasteiger partial charge in [-0.2, -0.15) is 0 Å². The van der Waals surface area contributed by atoms with Gasteiger partial charge in [0.2, 0.25) is 5.91 Å². The number of hydrogen-bond acceptors (Lipinski definition) is 5. The fourth-order valence-corrected chi connectivity index (χ4v) is 3.01. The number of aryl methyl sites for hydroxylation is 1. The monoisotopic (exact) mass is 347 g/mol.